The van der Waals surface area contributed by atoms with Gasteiger partial charge < -0.3 is 19.7 Å². The number of rotatable bonds is 6. The first-order chi connectivity index (χ1) is 12.0. The fourth-order valence-electron chi connectivity index (χ4n) is 3.91. The summed E-state index contributed by atoms with van der Waals surface area (Å²) in [4.78, 5) is 16.1. The second kappa shape index (κ2) is 7.59. The number of ether oxygens (including phenoxy) is 2. The minimum absolute atomic E-state index is 0.125. The molecule has 1 aromatic carbocycles. The molecule has 0 spiro atoms. The van der Waals surface area contributed by atoms with Gasteiger partial charge in [-0.25, -0.2) is 4.79 Å². The highest BCUT2D eigenvalue weighted by molar-refractivity contribution is 5.91. The van der Waals surface area contributed by atoms with E-state index in [9.17, 15) is 15.0 Å². The average Bonchev–Trinajstić information content (AvgIpc) is 3.24. The van der Waals surface area contributed by atoms with Crippen LogP contribution >= 0.6 is 0 Å². The largest absolute Gasteiger partial charge is 0.497 e. The minimum Gasteiger partial charge on any atom is -0.497 e. The smallest absolute Gasteiger partial charge is 0.336 e. The molecule has 7 nitrogen and oxygen atoms in total. The standard InChI is InChI=1S/C18H26N2O5/c1-24-12-7-13(18(22)23)14(17(8-12)25-2)9-19-10-15(16(21)11-19)20-5-3-4-6-20/h7-8,15-16,21H,3-6,9-11H2,1-2H3,(H,22,23)/t15-,16-/m0/s1. The number of methoxy groups -OCH3 is 2. The molecule has 0 aliphatic carbocycles. The van der Waals surface area contributed by atoms with E-state index in [4.69, 9.17) is 9.47 Å². The zero-order chi connectivity index (χ0) is 18.0. The predicted molar refractivity (Wildman–Crippen MR) is 92.4 cm³/mol. The number of hydrogen-bond acceptors (Lipinski definition) is 6. The Morgan fingerprint density at radius 1 is 1.20 bits per heavy atom. The molecule has 138 valence electrons. The van der Waals surface area contributed by atoms with Crippen LogP contribution < -0.4 is 9.47 Å². The van der Waals surface area contributed by atoms with E-state index in [0.29, 0.717) is 30.2 Å². The highest BCUT2D eigenvalue weighted by atomic mass is 16.5. The molecule has 25 heavy (non-hydrogen) atoms. The van der Waals surface area contributed by atoms with Gasteiger partial charge in [0.2, 0.25) is 0 Å². The molecule has 3 rings (SSSR count). The van der Waals surface area contributed by atoms with E-state index >= 15 is 0 Å². The lowest BCUT2D eigenvalue weighted by atomic mass is 10.0. The Hall–Kier alpha value is -1.83. The number of benzene rings is 1. The quantitative estimate of drug-likeness (QED) is 0.793. The number of carboxylic acids is 1. The lowest BCUT2D eigenvalue weighted by molar-refractivity contribution is 0.0693. The summed E-state index contributed by atoms with van der Waals surface area (Å²) in [6.45, 7) is 3.75. The van der Waals surface area contributed by atoms with Crippen LogP contribution in [0.1, 0.15) is 28.8 Å². The van der Waals surface area contributed by atoms with Crippen LogP contribution in [0.25, 0.3) is 0 Å². The number of carboxylic acid groups (broad SMARTS) is 1. The van der Waals surface area contributed by atoms with Gasteiger partial charge >= 0.3 is 5.97 Å². The SMILES string of the molecule is COc1cc(OC)c(CN2C[C@H](O)[C@@H](N3CCCC3)C2)c(C(=O)O)c1. The molecule has 7 heteroatoms. The first-order valence-electron chi connectivity index (χ1n) is 8.66. The van der Waals surface area contributed by atoms with Gasteiger partial charge in [0.25, 0.3) is 0 Å². The highest BCUT2D eigenvalue weighted by Gasteiger charge is 2.37. The maximum absolute atomic E-state index is 11.7. The van der Waals surface area contributed by atoms with Crippen LogP contribution in [0.15, 0.2) is 12.1 Å². The molecule has 2 heterocycles. The second-order valence-corrected chi connectivity index (χ2v) is 6.73. The van der Waals surface area contributed by atoms with E-state index in [2.05, 4.69) is 9.80 Å². The molecule has 2 saturated heterocycles. The van der Waals surface area contributed by atoms with Crippen molar-refractivity contribution < 1.29 is 24.5 Å². The zero-order valence-corrected chi connectivity index (χ0v) is 14.8. The Morgan fingerprint density at radius 3 is 2.52 bits per heavy atom. The van der Waals surface area contributed by atoms with Crippen LogP contribution in [0.2, 0.25) is 0 Å². The summed E-state index contributed by atoms with van der Waals surface area (Å²) < 4.78 is 10.6. The predicted octanol–water partition coefficient (Wildman–Crippen LogP) is 1.04. The second-order valence-electron chi connectivity index (χ2n) is 6.73. The van der Waals surface area contributed by atoms with E-state index in [1.165, 1.54) is 33.1 Å². The van der Waals surface area contributed by atoms with Crippen LogP contribution in [0.5, 0.6) is 11.5 Å². The number of nitrogens with zero attached hydrogens (tertiary/aromatic N) is 2. The highest BCUT2D eigenvalue weighted by Crippen LogP contribution is 2.31. The van der Waals surface area contributed by atoms with Crippen LogP contribution in [0.4, 0.5) is 0 Å². The summed E-state index contributed by atoms with van der Waals surface area (Å²) in [5.74, 6) is -0.0618. The molecule has 2 fully saturated rings. The lowest BCUT2D eigenvalue weighted by Gasteiger charge is -2.25. The summed E-state index contributed by atoms with van der Waals surface area (Å²) in [6.07, 6.45) is 1.95. The van der Waals surface area contributed by atoms with Crippen molar-refractivity contribution in [3.63, 3.8) is 0 Å². The molecule has 0 saturated carbocycles. The molecular weight excluding hydrogens is 324 g/mol. The van der Waals surface area contributed by atoms with Crippen molar-refractivity contribution in [2.75, 3.05) is 40.4 Å². The number of β-amino-alcohol motifs (C(OH)–C–C–N with tert-alkyl or cyclic N) is 1. The van der Waals surface area contributed by atoms with Gasteiger partial charge in [-0.05, 0) is 32.0 Å². The first-order valence-corrected chi connectivity index (χ1v) is 8.66. The lowest BCUT2D eigenvalue weighted by Crippen LogP contribution is -2.41. The molecule has 0 radical (unpaired) electrons. The summed E-state index contributed by atoms with van der Waals surface area (Å²) in [7, 11) is 3.02. The molecule has 0 amide bonds. The molecule has 0 bridgehead atoms. The first kappa shape index (κ1) is 18.0. The van der Waals surface area contributed by atoms with E-state index in [0.717, 1.165) is 19.6 Å². The number of carbonyl (C=O) groups is 1. The molecular formula is C18H26N2O5. The van der Waals surface area contributed by atoms with Crippen molar-refractivity contribution in [1.29, 1.82) is 0 Å². The number of aliphatic hydroxyl groups excluding tert-OH is 1. The van der Waals surface area contributed by atoms with Crippen molar-refractivity contribution in [1.82, 2.24) is 9.80 Å². The third-order valence-corrected chi connectivity index (χ3v) is 5.19. The van der Waals surface area contributed by atoms with Gasteiger partial charge in [0.15, 0.2) is 0 Å². The van der Waals surface area contributed by atoms with Crippen molar-refractivity contribution in [3.8, 4) is 11.5 Å². The van der Waals surface area contributed by atoms with Crippen LogP contribution in [0, 0.1) is 0 Å². The summed E-state index contributed by atoms with van der Waals surface area (Å²) in [6, 6.07) is 3.34. The number of aromatic carboxylic acids is 1. The van der Waals surface area contributed by atoms with Crippen molar-refractivity contribution in [3.05, 3.63) is 23.3 Å². The summed E-state index contributed by atoms with van der Waals surface area (Å²) in [5, 5.41) is 20.0. The van der Waals surface area contributed by atoms with Crippen molar-refractivity contribution in [2.24, 2.45) is 0 Å². The normalized spacial score (nSPS) is 24.6. The topological polar surface area (TPSA) is 82.5 Å². The van der Waals surface area contributed by atoms with Crippen molar-refractivity contribution >= 4 is 5.97 Å². The molecule has 0 aromatic heterocycles. The van der Waals surface area contributed by atoms with E-state index in [1.54, 1.807) is 6.07 Å². The van der Waals surface area contributed by atoms with Gasteiger partial charge in [-0.15, -0.1) is 0 Å². The Bertz CT molecular complexity index is 630. The summed E-state index contributed by atoms with van der Waals surface area (Å²) >= 11 is 0. The number of likely N-dealkylation sites (tertiary alicyclic amines) is 2. The fraction of sp³-hybridized carbons (Fsp3) is 0.611. The zero-order valence-electron chi connectivity index (χ0n) is 14.8. The maximum Gasteiger partial charge on any atom is 0.336 e. The summed E-state index contributed by atoms with van der Waals surface area (Å²) in [5.41, 5.74) is 0.792. The molecule has 0 unspecified atom stereocenters. The Balaban J connectivity index is 1.81. The third kappa shape index (κ3) is 3.73. The van der Waals surface area contributed by atoms with E-state index in [-0.39, 0.29) is 11.6 Å². The van der Waals surface area contributed by atoms with Gasteiger partial charge in [-0.2, -0.15) is 0 Å². The van der Waals surface area contributed by atoms with Gasteiger partial charge in [-0.1, -0.05) is 0 Å². The molecule has 2 N–H and O–H groups in total. The number of aliphatic hydroxyl groups is 1. The van der Waals surface area contributed by atoms with E-state index in [1.807, 2.05) is 0 Å². The van der Waals surface area contributed by atoms with E-state index < -0.39 is 12.1 Å². The molecule has 2 aliphatic heterocycles. The third-order valence-electron chi connectivity index (χ3n) is 5.19. The monoisotopic (exact) mass is 350 g/mol. The van der Waals surface area contributed by atoms with Crippen molar-refractivity contribution in [2.45, 2.75) is 31.5 Å². The molecule has 2 atom stereocenters. The Labute approximate surface area is 147 Å². The maximum atomic E-state index is 11.7. The average molecular weight is 350 g/mol. The molecule has 2 aliphatic rings. The Morgan fingerprint density at radius 2 is 1.92 bits per heavy atom. The van der Waals surface area contributed by atoms with Gasteiger partial charge in [0.05, 0.1) is 25.9 Å². The van der Waals surface area contributed by atoms with Gasteiger partial charge in [0.1, 0.15) is 11.5 Å². The minimum atomic E-state index is -1.01. The van der Waals surface area contributed by atoms with Crippen LogP contribution in [0.3, 0.4) is 0 Å². The fourth-order valence-corrected chi connectivity index (χ4v) is 3.91. The number of hydrogen-bond donors (Lipinski definition) is 2. The Kier molecular flexibility index (Phi) is 5.46. The van der Waals surface area contributed by atoms with Crippen LogP contribution in [-0.2, 0) is 6.54 Å². The molecule has 1 aromatic rings. The van der Waals surface area contributed by atoms with Crippen LogP contribution in [-0.4, -0.2) is 78.5 Å². The van der Waals surface area contributed by atoms with Gasteiger partial charge in [-0.3, -0.25) is 9.80 Å². The van der Waals surface area contributed by atoms with Gasteiger partial charge in [0, 0.05) is 37.3 Å².